The average Bonchev–Trinajstić information content (AvgIpc) is 3.11. The molecule has 0 aliphatic heterocycles. The molecule has 6 nitrogen and oxygen atoms in total. The summed E-state index contributed by atoms with van der Waals surface area (Å²) in [6.07, 6.45) is 0.488. The molecule has 0 saturated heterocycles. The Kier molecular flexibility index (Phi) is 5.58. The summed E-state index contributed by atoms with van der Waals surface area (Å²) in [7, 11) is 0. The molecule has 0 saturated carbocycles. The summed E-state index contributed by atoms with van der Waals surface area (Å²) in [5, 5.41) is 6.67. The number of nitrogens with one attached hydrogen (secondary N) is 1. The van der Waals surface area contributed by atoms with Gasteiger partial charge in [-0.25, -0.2) is 4.39 Å². The summed E-state index contributed by atoms with van der Waals surface area (Å²) in [6, 6.07) is 13.0. The molecule has 0 unspecified atom stereocenters. The van der Waals surface area contributed by atoms with E-state index in [4.69, 9.17) is 9.26 Å². The van der Waals surface area contributed by atoms with E-state index >= 15 is 0 Å². The number of hydrogen-bond donors (Lipinski definition) is 1. The fourth-order valence-electron chi connectivity index (χ4n) is 2.36. The quantitative estimate of drug-likeness (QED) is 0.697. The zero-order valence-electron chi connectivity index (χ0n) is 14.2. The Morgan fingerprint density at radius 1 is 1.19 bits per heavy atom. The van der Waals surface area contributed by atoms with E-state index < -0.39 is 0 Å². The van der Waals surface area contributed by atoms with Crippen molar-refractivity contribution >= 4 is 11.6 Å². The Morgan fingerprint density at radius 3 is 2.73 bits per heavy atom. The number of aromatic nitrogens is 2. The van der Waals surface area contributed by atoms with E-state index in [2.05, 4.69) is 15.5 Å². The van der Waals surface area contributed by atoms with Crippen molar-refractivity contribution in [2.75, 3.05) is 11.9 Å². The topological polar surface area (TPSA) is 77.2 Å². The predicted molar refractivity (Wildman–Crippen MR) is 94.3 cm³/mol. The highest BCUT2D eigenvalue weighted by atomic mass is 19.1. The van der Waals surface area contributed by atoms with Crippen LogP contribution in [0, 0.1) is 5.82 Å². The van der Waals surface area contributed by atoms with E-state index in [-0.39, 0.29) is 18.1 Å². The molecule has 0 aliphatic rings. The number of hydrogen-bond acceptors (Lipinski definition) is 5. The van der Waals surface area contributed by atoms with Gasteiger partial charge < -0.3 is 14.6 Å². The van der Waals surface area contributed by atoms with Gasteiger partial charge in [-0.2, -0.15) is 4.98 Å². The second-order valence-corrected chi connectivity index (χ2v) is 5.50. The Morgan fingerprint density at radius 2 is 1.96 bits per heavy atom. The number of carbonyl (C=O) groups excluding carboxylic acids is 1. The third-order valence-corrected chi connectivity index (χ3v) is 3.60. The van der Waals surface area contributed by atoms with Crippen molar-refractivity contribution in [3.05, 3.63) is 60.2 Å². The van der Waals surface area contributed by atoms with Crippen molar-refractivity contribution in [1.82, 2.24) is 10.1 Å². The van der Waals surface area contributed by atoms with Gasteiger partial charge in [0.05, 0.1) is 12.3 Å². The highest BCUT2D eigenvalue weighted by Crippen LogP contribution is 2.24. The van der Waals surface area contributed by atoms with Crippen LogP contribution in [0.5, 0.6) is 5.75 Å². The molecular weight excluding hydrogens is 337 g/mol. The lowest BCUT2D eigenvalue weighted by Crippen LogP contribution is -2.13. The van der Waals surface area contributed by atoms with Gasteiger partial charge in [-0.05, 0) is 43.3 Å². The number of anilines is 1. The summed E-state index contributed by atoms with van der Waals surface area (Å²) >= 11 is 0. The third kappa shape index (κ3) is 4.44. The average molecular weight is 355 g/mol. The van der Waals surface area contributed by atoms with Gasteiger partial charge in [-0.1, -0.05) is 17.3 Å². The van der Waals surface area contributed by atoms with Crippen LogP contribution < -0.4 is 10.1 Å². The maximum absolute atomic E-state index is 13.0. The lowest BCUT2D eigenvalue weighted by molar-refractivity contribution is -0.116. The number of benzene rings is 2. The van der Waals surface area contributed by atoms with Crippen molar-refractivity contribution in [2.24, 2.45) is 0 Å². The van der Waals surface area contributed by atoms with Gasteiger partial charge in [0.15, 0.2) is 0 Å². The number of para-hydroxylation sites is 2. The van der Waals surface area contributed by atoms with Gasteiger partial charge in [-0.15, -0.1) is 0 Å². The van der Waals surface area contributed by atoms with Gasteiger partial charge >= 0.3 is 0 Å². The maximum atomic E-state index is 13.0. The SMILES string of the molecule is CCOc1ccccc1NC(=O)CCc1nc(-c2ccc(F)cc2)no1. The van der Waals surface area contributed by atoms with Crippen LogP contribution in [0.15, 0.2) is 53.1 Å². The molecule has 1 N–H and O–H groups in total. The zero-order valence-corrected chi connectivity index (χ0v) is 14.2. The highest BCUT2D eigenvalue weighted by Gasteiger charge is 2.12. The number of nitrogens with zero attached hydrogens (tertiary/aromatic N) is 2. The molecule has 0 fully saturated rings. The van der Waals surface area contributed by atoms with Gasteiger partial charge in [-0.3, -0.25) is 4.79 Å². The summed E-state index contributed by atoms with van der Waals surface area (Å²) in [5.74, 6) is 0.819. The fraction of sp³-hybridized carbons (Fsp3) is 0.211. The highest BCUT2D eigenvalue weighted by molar-refractivity contribution is 5.92. The molecule has 134 valence electrons. The molecule has 3 rings (SSSR count). The second-order valence-electron chi connectivity index (χ2n) is 5.50. The predicted octanol–water partition coefficient (Wildman–Crippen LogP) is 3.85. The first-order chi connectivity index (χ1) is 12.7. The van der Waals surface area contributed by atoms with Crippen molar-refractivity contribution in [2.45, 2.75) is 19.8 Å². The van der Waals surface area contributed by atoms with Crippen LogP contribution in [0.4, 0.5) is 10.1 Å². The molecule has 0 aliphatic carbocycles. The van der Waals surface area contributed by atoms with E-state index in [0.29, 0.717) is 41.7 Å². The molecule has 1 heterocycles. The van der Waals surface area contributed by atoms with E-state index in [1.54, 1.807) is 24.3 Å². The molecule has 26 heavy (non-hydrogen) atoms. The number of halogens is 1. The number of ether oxygens (including phenoxy) is 1. The lowest BCUT2D eigenvalue weighted by Gasteiger charge is -2.10. The van der Waals surface area contributed by atoms with E-state index in [0.717, 1.165) is 0 Å². The maximum Gasteiger partial charge on any atom is 0.227 e. The molecule has 1 aromatic heterocycles. The van der Waals surface area contributed by atoms with Crippen molar-refractivity contribution in [1.29, 1.82) is 0 Å². The Hall–Kier alpha value is -3.22. The number of carbonyl (C=O) groups is 1. The molecule has 0 atom stereocenters. The van der Waals surface area contributed by atoms with Gasteiger partial charge in [0.25, 0.3) is 0 Å². The molecule has 7 heteroatoms. The first kappa shape index (κ1) is 17.6. The zero-order chi connectivity index (χ0) is 18.4. The molecule has 3 aromatic rings. The number of amides is 1. The first-order valence-corrected chi connectivity index (χ1v) is 8.26. The Bertz CT molecular complexity index is 878. The monoisotopic (exact) mass is 355 g/mol. The first-order valence-electron chi connectivity index (χ1n) is 8.26. The second kappa shape index (κ2) is 8.24. The Labute approximate surface area is 150 Å². The Balaban J connectivity index is 1.58. The summed E-state index contributed by atoms with van der Waals surface area (Å²) in [5.41, 5.74) is 1.27. The summed E-state index contributed by atoms with van der Waals surface area (Å²) < 4.78 is 23.6. The molecule has 0 radical (unpaired) electrons. The van der Waals surface area contributed by atoms with Crippen LogP contribution in [-0.4, -0.2) is 22.7 Å². The van der Waals surface area contributed by atoms with Crippen LogP contribution in [-0.2, 0) is 11.2 Å². The molecule has 0 bridgehead atoms. The summed E-state index contributed by atoms with van der Waals surface area (Å²) in [4.78, 5) is 16.4. The van der Waals surface area contributed by atoms with Crippen LogP contribution >= 0.6 is 0 Å². The third-order valence-electron chi connectivity index (χ3n) is 3.60. The number of aryl methyl sites for hydroxylation is 1. The van der Waals surface area contributed by atoms with Crippen LogP contribution in [0.2, 0.25) is 0 Å². The van der Waals surface area contributed by atoms with Crippen molar-refractivity contribution in [3.8, 4) is 17.1 Å². The normalized spacial score (nSPS) is 10.5. The van der Waals surface area contributed by atoms with Gasteiger partial charge in [0.2, 0.25) is 17.6 Å². The minimum atomic E-state index is -0.332. The van der Waals surface area contributed by atoms with E-state index in [1.165, 1.54) is 12.1 Å². The van der Waals surface area contributed by atoms with Gasteiger partial charge in [0.1, 0.15) is 11.6 Å². The van der Waals surface area contributed by atoms with Crippen molar-refractivity contribution < 1.29 is 18.4 Å². The van der Waals surface area contributed by atoms with Crippen LogP contribution in [0.1, 0.15) is 19.2 Å². The number of rotatable bonds is 7. The smallest absolute Gasteiger partial charge is 0.227 e. The minimum absolute atomic E-state index is 0.182. The summed E-state index contributed by atoms with van der Waals surface area (Å²) in [6.45, 7) is 2.40. The van der Waals surface area contributed by atoms with E-state index in [9.17, 15) is 9.18 Å². The van der Waals surface area contributed by atoms with Crippen LogP contribution in [0.25, 0.3) is 11.4 Å². The van der Waals surface area contributed by atoms with Gasteiger partial charge in [0, 0.05) is 18.4 Å². The lowest BCUT2D eigenvalue weighted by atomic mass is 10.2. The van der Waals surface area contributed by atoms with Crippen LogP contribution in [0.3, 0.4) is 0 Å². The minimum Gasteiger partial charge on any atom is -0.492 e. The molecule has 0 spiro atoms. The molecule has 2 aromatic carbocycles. The fourth-order valence-corrected chi connectivity index (χ4v) is 2.36. The van der Waals surface area contributed by atoms with Crippen molar-refractivity contribution in [3.63, 3.8) is 0 Å². The van der Waals surface area contributed by atoms with E-state index in [1.807, 2.05) is 19.1 Å². The molecular formula is C19H18FN3O3. The molecule has 1 amide bonds. The largest absolute Gasteiger partial charge is 0.492 e. The standard InChI is InChI=1S/C19H18FN3O3/c1-2-25-16-6-4-3-5-15(16)21-17(24)11-12-18-22-19(23-26-18)13-7-9-14(20)10-8-13/h3-10H,2,11-12H2,1H3,(H,21,24).